The van der Waals surface area contributed by atoms with E-state index in [2.05, 4.69) is 0 Å². The van der Waals surface area contributed by atoms with Gasteiger partial charge in [-0.15, -0.1) is 0 Å². The predicted molar refractivity (Wildman–Crippen MR) is 87.4 cm³/mol. The second kappa shape index (κ2) is 6.73. The van der Waals surface area contributed by atoms with Gasteiger partial charge < -0.3 is 4.74 Å². The molecular weight excluding hydrogens is 298 g/mol. The Hall–Kier alpha value is -2.49. The molecule has 0 unspecified atom stereocenters. The lowest BCUT2D eigenvalue weighted by Gasteiger charge is -2.12. The van der Waals surface area contributed by atoms with E-state index in [1.54, 1.807) is 45.2 Å². The third kappa shape index (κ3) is 3.47. The molecule has 2 nitrogen and oxygen atoms in total. The number of allylic oxidation sites excluding steroid dienone is 1. The largest absolute Gasteiger partial charge is 0.497 e. The molecule has 2 aromatic rings. The van der Waals surface area contributed by atoms with Gasteiger partial charge in [0.25, 0.3) is 0 Å². The van der Waals surface area contributed by atoms with Crippen LogP contribution in [0.5, 0.6) is 5.75 Å². The molecule has 2 aromatic carbocycles. The van der Waals surface area contributed by atoms with Crippen LogP contribution < -0.4 is 4.74 Å². The van der Waals surface area contributed by atoms with E-state index in [9.17, 15) is 13.6 Å². The molecule has 0 aliphatic rings. The van der Waals surface area contributed by atoms with Crippen molar-refractivity contribution < 1.29 is 18.3 Å². The third-order valence-electron chi connectivity index (χ3n) is 3.84. The number of ether oxygens (including phenoxy) is 1. The zero-order chi connectivity index (χ0) is 17.1. The summed E-state index contributed by atoms with van der Waals surface area (Å²) in [6.07, 6.45) is 1.39. The zero-order valence-electron chi connectivity index (χ0n) is 13.5. The van der Waals surface area contributed by atoms with Crippen LogP contribution in [0.2, 0.25) is 0 Å². The predicted octanol–water partition coefficient (Wildman–Crippen LogP) is 4.94. The van der Waals surface area contributed by atoms with Crippen molar-refractivity contribution in [1.29, 1.82) is 0 Å². The maximum Gasteiger partial charge on any atom is 0.166 e. The second-order valence-corrected chi connectivity index (χ2v) is 5.37. The minimum Gasteiger partial charge on any atom is -0.497 e. The van der Waals surface area contributed by atoms with Gasteiger partial charge in [-0.2, -0.15) is 0 Å². The van der Waals surface area contributed by atoms with E-state index < -0.39 is 11.6 Å². The molecule has 0 fully saturated rings. The number of ketones is 1. The van der Waals surface area contributed by atoms with Gasteiger partial charge in [-0.3, -0.25) is 4.79 Å². The fraction of sp³-hybridized carbons (Fsp3) is 0.211. The molecule has 23 heavy (non-hydrogen) atoms. The van der Waals surface area contributed by atoms with Crippen LogP contribution in [0.25, 0.3) is 17.2 Å². The van der Waals surface area contributed by atoms with Gasteiger partial charge in [0.2, 0.25) is 0 Å². The smallest absolute Gasteiger partial charge is 0.166 e. The molecule has 0 spiro atoms. The SMILES string of the molecule is COc1ccc(-c2cc(F)c(F)c(/C=C(\C)C(C)=O)c2C)cc1. The van der Waals surface area contributed by atoms with Gasteiger partial charge in [0.1, 0.15) is 5.75 Å². The summed E-state index contributed by atoms with van der Waals surface area (Å²) in [7, 11) is 1.56. The molecule has 120 valence electrons. The van der Waals surface area contributed by atoms with Crippen LogP contribution in [0.1, 0.15) is 25.0 Å². The van der Waals surface area contributed by atoms with Gasteiger partial charge >= 0.3 is 0 Å². The lowest BCUT2D eigenvalue weighted by atomic mass is 9.94. The molecule has 0 saturated heterocycles. The zero-order valence-corrected chi connectivity index (χ0v) is 13.5. The summed E-state index contributed by atoms with van der Waals surface area (Å²) in [4.78, 5) is 11.4. The molecular formula is C19H18F2O2. The van der Waals surface area contributed by atoms with E-state index in [0.29, 0.717) is 22.4 Å². The monoisotopic (exact) mass is 316 g/mol. The number of benzene rings is 2. The normalized spacial score (nSPS) is 11.5. The highest BCUT2D eigenvalue weighted by Crippen LogP contribution is 2.31. The van der Waals surface area contributed by atoms with Crippen LogP contribution in [-0.4, -0.2) is 12.9 Å². The number of methoxy groups -OCH3 is 1. The Morgan fingerprint density at radius 3 is 2.26 bits per heavy atom. The lowest BCUT2D eigenvalue weighted by molar-refractivity contribution is -0.113. The minimum absolute atomic E-state index is 0.100. The molecule has 0 amide bonds. The van der Waals surface area contributed by atoms with Crippen LogP contribution in [-0.2, 0) is 4.79 Å². The van der Waals surface area contributed by atoms with Crippen LogP contribution in [0, 0.1) is 18.6 Å². The molecule has 0 radical (unpaired) electrons. The molecule has 0 saturated carbocycles. The van der Waals surface area contributed by atoms with E-state index in [0.717, 1.165) is 5.56 Å². The Labute approximate surface area is 134 Å². The van der Waals surface area contributed by atoms with Crippen LogP contribution >= 0.6 is 0 Å². The molecule has 0 aromatic heterocycles. The molecule has 0 N–H and O–H groups in total. The number of rotatable bonds is 4. The van der Waals surface area contributed by atoms with Crippen molar-refractivity contribution >= 4 is 11.9 Å². The first-order chi connectivity index (χ1) is 10.8. The molecule has 4 heteroatoms. The summed E-state index contributed by atoms with van der Waals surface area (Å²) < 4.78 is 33.2. The Morgan fingerprint density at radius 1 is 1.13 bits per heavy atom. The van der Waals surface area contributed by atoms with Gasteiger partial charge in [-0.1, -0.05) is 12.1 Å². The fourth-order valence-corrected chi connectivity index (χ4v) is 2.30. The summed E-state index contributed by atoms with van der Waals surface area (Å²) in [5.74, 6) is -1.38. The molecule has 0 aliphatic heterocycles. The molecule has 0 heterocycles. The second-order valence-electron chi connectivity index (χ2n) is 5.37. The highest BCUT2D eigenvalue weighted by Gasteiger charge is 2.16. The number of carbonyl (C=O) groups is 1. The standard InChI is InChI=1S/C19H18F2O2/c1-11(13(3)22)9-17-12(2)16(10-18(20)19(17)21)14-5-7-15(23-4)8-6-14/h5-10H,1-4H3/b11-9+. The summed E-state index contributed by atoms with van der Waals surface area (Å²) in [5.41, 5.74) is 2.38. The van der Waals surface area contributed by atoms with Crippen molar-refractivity contribution in [3.05, 3.63) is 58.7 Å². The molecule has 2 rings (SSSR count). The van der Waals surface area contributed by atoms with Crippen LogP contribution in [0.3, 0.4) is 0 Å². The maximum absolute atomic E-state index is 14.1. The number of Topliss-reactive ketones (excluding diaryl/α,β-unsaturated/α-hetero) is 1. The Balaban J connectivity index is 2.64. The topological polar surface area (TPSA) is 26.3 Å². The van der Waals surface area contributed by atoms with Crippen molar-refractivity contribution in [3.8, 4) is 16.9 Å². The number of hydrogen-bond donors (Lipinski definition) is 0. The highest BCUT2D eigenvalue weighted by atomic mass is 19.2. The first-order valence-electron chi connectivity index (χ1n) is 7.17. The van der Waals surface area contributed by atoms with Crippen molar-refractivity contribution in [1.82, 2.24) is 0 Å². The van der Waals surface area contributed by atoms with Crippen LogP contribution in [0.4, 0.5) is 8.78 Å². The maximum atomic E-state index is 14.1. The third-order valence-corrected chi connectivity index (χ3v) is 3.84. The minimum atomic E-state index is -0.944. The molecule has 0 aliphatic carbocycles. The van der Waals surface area contributed by atoms with Gasteiger partial charge in [-0.25, -0.2) is 8.78 Å². The van der Waals surface area contributed by atoms with E-state index in [-0.39, 0.29) is 11.3 Å². The van der Waals surface area contributed by atoms with Crippen molar-refractivity contribution in [2.75, 3.05) is 7.11 Å². The highest BCUT2D eigenvalue weighted by molar-refractivity contribution is 5.97. The number of hydrogen-bond acceptors (Lipinski definition) is 2. The summed E-state index contributed by atoms with van der Waals surface area (Å²) in [6, 6.07) is 8.25. The van der Waals surface area contributed by atoms with Gasteiger partial charge in [0, 0.05) is 5.56 Å². The van der Waals surface area contributed by atoms with Gasteiger partial charge in [-0.05, 0) is 67.3 Å². The summed E-state index contributed by atoms with van der Waals surface area (Å²) >= 11 is 0. The molecule has 0 atom stereocenters. The summed E-state index contributed by atoms with van der Waals surface area (Å²) in [5, 5.41) is 0. The average molecular weight is 316 g/mol. The quantitative estimate of drug-likeness (QED) is 0.747. The van der Waals surface area contributed by atoms with E-state index >= 15 is 0 Å². The Morgan fingerprint density at radius 2 is 1.74 bits per heavy atom. The summed E-state index contributed by atoms with van der Waals surface area (Å²) in [6.45, 7) is 4.68. The van der Waals surface area contributed by atoms with E-state index in [1.807, 2.05) is 0 Å². The Bertz CT molecular complexity index is 775. The number of carbonyl (C=O) groups excluding carboxylic acids is 1. The van der Waals surface area contributed by atoms with E-state index in [4.69, 9.17) is 4.74 Å². The van der Waals surface area contributed by atoms with Crippen molar-refractivity contribution in [2.45, 2.75) is 20.8 Å². The first kappa shape index (κ1) is 16.9. The first-order valence-corrected chi connectivity index (χ1v) is 7.17. The molecule has 0 bridgehead atoms. The fourth-order valence-electron chi connectivity index (χ4n) is 2.30. The van der Waals surface area contributed by atoms with Gasteiger partial charge in [0.15, 0.2) is 17.4 Å². The number of halogens is 2. The lowest BCUT2D eigenvalue weighted by Crippen LogP contribution is -1.99. The van der Waals surface area contributed by atoms with Crippen molar-refractivity contribution in [3.63, 3.8) is 0 Å². The van der Waals surface area contributed by atoms with Gasteiger partial charge in [0.05, 0.1) is 7.11 Å². The Kier molecular flexibility index (Phi) is 4.94. The van der Waals surface area contributed by atoms with Crippen LogP contribution in [0.15, 0.2) is 35.9 Å². The van der Waals surface area contributed by atoms with E-state index in [1.165, 1.54) is 19.1 Å². The van der Waals surface area contributed by atoms with Crippen molar-refractivity contribution in [2.24, 2.45) is 0 Å². The average Bonchev–Trinajstić information content (AvgIpc) is 2.54.